The van der Waals surface area contributed by atoms with Crippen molar-refractivity contribution >= 4 is 11.8 Å². The summed E-state index contributed by atoms with van der Waals surface area (Å²) in [6.07, 6.45) is 2.54. The topological polar surface area (TPSA) is 49.9 Å². The molecule has 0 radical (unpaired) electrons. The van der Waals surface area contributed by atoms with Gasteiger partial charge in [-0.15, -0.1) is 0 Å². The van der Waals surface area contributed by atoms with E-state index in [0.717, 1.165) is 17.7 Å². The quantitative estimate of drug-likeness (QED) is 0.684. The highest BCUT2D eigenvalue weighted by molar-refractivity contribution is 5.94. The van der Waals surface area contributed by atoms with Crippen molar-refractivity contribution in [2.24, 2.45) is 0 Å². The van der Waals surface area contributed by atoms with Gasteiger partial charge in [-0.2, -0.15) is 0 Å². The van der Waals surface area contributed by atoms with Gasteiger partial charge in [0, 0.05) is 51.4 Å². The zero-order valence-electron chi connectivity index (χ0n) is 18.9. The van der Waals surface area contributed by atoms with E-state index in [1.165, 1.54) is 12.1 Å². The molecule has 2 aliphatic rings. The minimum Gasteiger partial charge on any atom is -0.487 e. The van der Waals surface area contributed by atoms with Gasteiger partial charge in [0.2, 0.25) is 5.91 Å². The largest absolute Gasteiger partial charge is 0.487 e. The Labute approximate surface area is 189 Å². The summed E-state index contributed by atoms with van der Waals surface area (Å²) in [5, 5.41) is 0. The van der Waals surface area contributed by atoms with Gasteiger partial charge < -0.3 is 14.5 Å². The first kappa shape index (κ1) is 22.3. The fourth-order valence-corrected chi connectivity index (χ4v) is 5.07. The molecule has 0 bridgehead atoms. The van der Waals surface area contributed by atoms with Crippen molar-refractivity contribution in [1.29, 1.82) is 0 Å². The maximum absolute atomic E-state index is 14.1. The van der Waals surface area contributed by atoms with E-state index in [0.29, 0.717) is 45.4 Å². The standard InChI is InChI=1S/C26H31FN2O3/c1-3-28(4-2)24(30)17-19-18-26(32-23-12-8-6-9-20(19)23)13-15-29(16-14-26)25(31)21-10-5-7-11-22(21)27/h5-12,19H,3-4,13-18H2,1-2H3/t19-/m0/s1. The highest BCUT2D eigenvalue weighted by Gasteiger charge is 2.44. The number of amides is 2. The molecule has 0 N–H and O–H groups in total. The van der Waals surface area contributed by atoms with Gasteiger partial charge in [0.05, 0.1) is 5.56 Å². The number of hydrogen-bond donors (Lipinski definition) is 0. The number of carbonyl (C=O) groups excluding carboxylic acids is 2. The van der Waals surface area contributed by atoms with Crippen molar-refractivity contribution in [3.8, 4) is 5.75 Å². The molecule has 1 fully saturated rings. The number of carbonyl (C=O) groups is 2. The van der Waals surface area contributed by atoms with Crippen LogP contribution in [0.5, 0.6) is 5.75 Å². The van der Waals surface area contributed by atoms with Crippen LogP contribution >= 0.6 is 0 Å². The summed E-state index contributed by atoms with van der Waals surface area (Å²) in [5.41, 5.74) is 0.790. The molecule has 5 nitrogen and oxygen atoms in total. The molecule has 0 aromatic heterocycles. The minimum atomic E-state index is -0.490. The minimum absolute atomic E-state index is 0.0851. The number of ether oxygens (including phenoxy) is 1. The van der Waals surface area contributed by atoms with Crippen LogP contribution in [0.1, 0.15) is 61.4 Å². The Balaban J connectivity index is 1.50. The van der Waals surface area contributed by atoms with Crippen LogP contribution in [-0.2, 0) is 4.79 Å². The van der Waals surface area contributed by atoms with Crippen molar-refractivity contribution in [1.82, 2.24) is 9.80 Å². The summed E-state index contributed by atoms with van der Waals surface area (Å²) in [6.45, 7) is 6.43. The highest BCUT2D eigenvalue weighted by Crippen LogP contribution is 2.46. The first-order chi connectivity index (χ1) is 15.5. The SMILES string of the molecule is CCN(CC)C(=O)C[C@H]1CC2(CCN(C(=O)c3ccccc3F)CC2)Oc2ccccc21. The normalized spacial score (nSPS) is 19.2. The second-order valence-corrected chi connectivity index (χ2v) is 8.77. The molecule has 0 saturated carbocycles. The van der Waals surface area contributed by atoms with Crippen LogP contribution in [0.25, 0.3) is 0 Å². The summed E-state index contributed by atoms with van der Waals surface area (Å²) in [4.78, 5) is 29.3. The van der Waals surface area contributed by atoms with E-state index in [9.17, 15) is 14.0 Å². The molecule has 2 aromatic carbocycles. The van der Waals surface area contributed by atoms with E-state index in [-0.39, 0.29) is 23.3 Å². The van der Waals surface area contributed by atoms with Gasteiger partial charge in [-0.1, -0.05) is 30.3 Å². The summed E-state index contributed by atoms with van der Waals surface area (Å²) in [6, 6.07) is 14.1. The molecule has 0 aliphatic carbocycles. The van der Waals surface area contributed by atoms with E-state index in [1.54, 1.807) is 17.0 Å². The average Bonchev–Trinajstić information content (AvgIpc) is 2.80. The van der Waals surface area contributed by atoms with Crippen molar-refractivity contribution in [3.05, 3.63) is 65.5 Å². The molecule has 1 spiro atoms. The lowest BCUT2D eigenvalue weighted by atomic mass is 9.76. The van der Waals surface area contributed by atoms with E-state index in [4.69, 9.17) is 4.74 Å². The molecule has 0 unspecified atom stereocenters. The second-order valence-electron chi connectivity index (χ2n) is 8.77. The Morgan fingerprint density at radius 2 is 1.72 bits per heavy atom. The van der Waals surface area contributed by atoms with Gasteiger partial charge in [0.25, 0.3) is 5.91 Å². The molecular weight excluding hydrogens is 407 g/mol. The van der Waals surface area contributed by atoms with Crippen LogP contribution in [-0.4, -0.2) is 53.4 Å². The van der Waals surface area contributed by atoms with Crippen LogP contribution in [0.2, 0.25) is 0 Å². The van der Waals surface area contributed by atoms with Gasteiger partial charge in [-0.25, -0.2) is 4.39 Å². The summed E-state index contributed by atoms with van der Waals surface area (Å²) in [7, 11) is 0. The third-order valence-electron chi connectivity index (χ3n) is 6.91. The fraction of sp³-hybridized carbons (Fsp3) is 0.462. The van der Waals surface area contributed by atoms with Crippen molar-refractivity contribution in [3.63, 3.8) is 0 Å². The Morgan fingerprint density at radius 3 is 2.41 bits per heavy atom. The molecule has 2 aliphatic heterocycles. The van der Waals surface area contributed by atoms with Crippen LogP contribution in [0.4, 0.5) is 4.39 Å². The number of nitrogens with zero attached hydrogens (tertiary/aromatic N) is 2. The molecule has 4 rings (SSSR count). The number of rotatable bonds is 5. The predicted molar refractivity (Wildman–Crippen MR) is 121 cm³/mol. The van der Waals surface area contributed by atoms with Crippen LogP contribution in [0.15, 0.2) is 48.5 Å². The highest BCUT2D eigenvalue weighted by atomic mass is 19.1. The molecule has 1 atom stereocenters. The lowest BCUT2D eigenvalue weighted by Crippen LogP contribution is -2.52. The van der Waals surface area contributed by atoms with E-state index >= 15 is 0 Å². The summed E-state index contributed by atoms with van der Waals surface area (Å²) >= 11 is 0. The third kappa shape index (κ3) is 4.36. The van der Waals surface area contributed by atoms with Crippen molar-refractivity contribution in [2.75, 3.05) is 26.2 Å². The van der Waals surface area contributed by atoms with Crippen LogP contribution < -0.4 is 4.74 Å². The first-order valence-corrected chi connectivity index (χ1v) is 11.6. The molecule has 2 amide bonds. The zero-order valence-corrected chi connectivity index (χ0v) is 18.9. The van der Waals surface area contributed by atoms with E-state index in [1.807, 2.05) is 36.9 Å². The van der Waals surface area contributed by atoms with Gasteiger partial charge in [-0.3, -0.25) is 9.59 Å². The summed E-state index contributed by atoms with van der Waals surface area (Å²) in [5.74, 6) is 0.323. The Bertz CT molecular complexity index is 981. The molecule has 2 heterocycles. The maximum atomic E-state index is 14.1. The van der Waals surface area contributed by atoms with Crippen LogP contribution in [0.3, 0.4) is 0 Å². The van der Waals surface area contributed by atoms with Crippen molar-refractivity contribution < 1.29 is 18.7 Å². The Morgan fingerprint density at radius 1 is 1.06 bits per heavy atom. The maximum Gasteiger partial charge on any atom is 0.256 e. The summed E-state index contributed by atoms with van der Waals surface area (Å²) < 4.78 is 20.6. The number of benzene rings is 2. The molecular formula is C26H31FN2O3. The third-order valence-corrected chi connectivity index (χ3v) is 6.91. The molecule has 6 heteroatoms. The number of para-hydroxylation sites is 1. The van der Waals surface area contributed by atoms with Crippen molar-refractivity contribution in [2.45, 2.75) is 51.0 Å². The van der Waals surface area contributed by atoms with Gasteiger partial charge in [0.1, 0.15) is 17.2 Å². The number of fused-ring (bicyclic) bond motifs is 1. The average molecular weight is 439 g/mol. The number of halogens is 1. The molecule has 170 valence electrons. The monoisotopic (exact) mass is 438 g/mol. The Kier molecular flexibility index (Phi) is 6.49. The predicted octanol–water partition coefficient (Wildman–Crippen LogP) is 4.63. The van der Waals surface area contributed by atoms with Gasteiger partial charge >= 0.3 is 0 Å². The molecule has 2 aromatic rings. The Hall–Kier alpha value is -2.89. The number of piperidine rings is 1. The fourth-order valence-electron chi connectivity index (χ4n) is 5.07. The lowest BCUT2D eigenvalue weighted by Gasteiger charge is -2.47. The van der Waals surface area contributed by atoms with Gasteiger partial charge in [-0.05, 0) is 44.0 Å². The lowest BCUT2D eigenvalue weighted by molar-refractivity contribution is -0.131. The zero-order chi connectivity index (χ0) is 22.7. The number of hydrogen-bond acceptors (Lipinski definition) is 3. The van der Waals surface area contributed by atoms with Crippen LogP contribution in [0, 0.1) is 5.82 Å². The van der Waals surface area contributed by atoms with Gasteiger partial charge in [0.15, 0.2) is 0 Å². The van der Waals surface area contributed by atoms with E-state index < -0.39 is 11.4 Å². The number of likely N-dealkylation sites (tertiary alicyclic amines) is 1. The van der Waals surface area contributed by atoms with E-state index in [2.05, 4.69) is 6.07 Å². The smallest absolute Gasteiger partial charge is 0.256 e. The molecule has 32 heavy (non-hydrogen) atoms. The first-order valence-electron chi connectivity index (χ1n) is 11.6. The molecule has 1 saturated heterocycles. The second kappa shape index (κ2) is 9.31.